The van der Waals surface area contributed by atoms with Crippen LogP contribution in [0.25, 0.3) is 0 Å². The summed E-state index contributed by atoms with van der Waals surface area (Å²) in [6, 6.07) is 2.92. The summed E-state index contributed by atoms with van der Waals surface area (Å²) >= 11 is 5.67. The van der Waals surface area contributed by atoms with Gasteiger partial charge in [-0.1, -0.05) is 11.6 Å². The SMILES string of the molecule is CCOC(=O)C(C)N1CCN(S(=O)(=O)c2ccc(F)c(Cl)c2)CC1. The lowest BCUT2D eigenvalue weighted by Crippen LogP contribution is -2.53. The van der Waals surface area contributed by atoms with Crippen LogP contribution in [0.2, 0.25) is 5.02 Å². The number of nitrogens with zero attached hydrogens (tertiary/aromatic N) is 2. The molecule has 1 aromatic rings. The van der Waals surface area contributed by atoms with E-state index in [9.17, 15) is 17.6 Å². The summed E-state index contributed by atoms with van der Waals surface area (Å²) < 4.78 is 44.7. The maximum atomic E-state index is 13.2. The predicted molar refractivity (Wildman–Crippen MR) is 87.8 cm³/mol. The number of rotatable bonds is 5. The lowest BCUT2D eigenvalue weighted by atomic mass is 10.2. The third-order valence-corrected chi connectivity index (χ3v) is 6.16. The highest BCUT2D eigenvalue weighted by Gasteiger charge is 2.32. The molecule has 1 saturated heterocycles. The maximum absolute atomic E-state index is 13.2. The zero-order chi connectivity index (χ0) is 17.9. The highest BCUT2D eigenvalue weighted by molar-refractivity contribution is 7.89. The van der Waals surface area contributed by atoms with E-state index in [1.807, 2.05) is 4.90 Å². The molecule has 0 amide bonds. The molecule has 0 saturated carbocycles. The average Bonchev–Trinajstić information content (AvgIpc) is 2.57. The molecule has 24 heavy (non-hydrogen) atoms. The van der Waals surface area contributed by atoms with E-state index in [4.69, 9.17) is 16.3 Å². The maximum Gasteiger partial charge on any atom is 0.323 e. The first-order valence-corrected chi connectivity index (χ1v) is 9.45. The van der Waals surface area contributed by atoms with Crippen molar-refractivity contribution in [3.8, 4) is 0 Å². The molecule has 0 N–H and O–H groups in total. The van der Waals surface area contributed by atoms with Crippen molar-refractivity contribution in [3.05, 3.63) is 29.0 Å². The molecule has 1 aliphatic rings. The standard InChI is InChI=1S/C15H20ClFN2O4S/c1-3-23-15(20)11(2)18-6-8-19(9-7-18)24(21,22)12-4-5-14(17)13(16)10-12/h4-5,10-11H,3,6-9H2,1-2H3. The van der Waals surface area contributed by atoms with Crippen LogP contribution in [0.3, 0.4) is 0 Å². The van der Waals surface area contributed by atoms with E-state index in [0.29, 0.717) is 19.7 Å². The van der Waals surface area contributed by atoms with Crippen LogP contribution < -0.4 is 0 Å². The summed E-state index contributed by atoms with van der Waals surface area (Å²) in [4.78, 5) is 13.6. The van der Waals surface area contributed by atoms with E-state index in [-0.39, 0.29) is 29.0 Å². The number of esters is 1. The minimum atomic E-state index is -3.74. The molecule has 1 heterocycles. The fourth-order valence-corrected chi connectivity index (χ4v) is 4.22. The molecule has 9 heteroatoms. The molecule has 6 nitrogen and oxygen atoms in total. The summed E-state index contributed by atoms with van der Waals surface area (Å²) in [5, 5.41) is -0.231. The molecular weight excluding hydrogens is 359 g/mol. The Bertz CT molecular complexity index is 705. The molecule has 0 radical (unpaired) electrons. The number of halogens is 2. The molecule has 134 valence electrons. The van der Waals surface area contributed by atoms with Crippen LogP contribution in [0.5, 0.6) is 0 Å². The van der Waals surface area contributed by atoms with Crippen molar-refractivity contribution in [2.45, 2.75) is 24.8 Å². The van der Waals surface area contributed by atoms with Gasteiger partial charge in [0.05, 0.1) is 16.5 Å². The van der Waals surface area contributed by atoms with Gasteiger partial charge in [-0.15, -0.1) is 0 Å². The summed E-state index contributed by atoms with van der Waals surface area (Å²) in [7, 11) is -3.74. The first-order chi connectivity index (χ1) is 11.3. The van der Waals surface area contributed by atoms with Crippen LogP contribution in [0.4, 0.5) is 4.39 Å². The van der Waals surface area contributed by atoms with Crippen molar-refractivity contribution in [3.63, 3.8) is 0 Å². The molecule has 1 aliphatic heterocycles. The van der Waals surface area contributed by atoms with Gasteiger partial charge < -0.3 is 4.74 Å². The largest absolute Gasteiger partial charge is 0.465 e. The number of hydrogen-bond donors (Lipinski definition) is 0. The normalized spacial score (nSPS) is 18.3. The van der Waals surface area contributed by atoms with Crippen LogP contribution in [0, 0.1) is 5.82 Å². The number of carbonyl (C=O) groups is 1. The van der Waals surface area contributed by atoms with Crippen molar-refractivity contribution in [1.29, 1.82) is 0 Å². The fraction of sp³-hybridized carbons (Fsp3) is 0.533. The molecule has 1 unspecified atom stereocenters. The average molecular weight is 379 g/mol. The van der Waals surface area contributed by atoms with Gasteiger partial charge in [0.25, 0.3) is 0 Å². The Hall–Kier alpha value is -1.22. The van der Waals surface area contributed by atoms with Gasteiger partial charge in [-0.2, -0.15) is 4.31 Å². The van der Waals surface area contributed by atoms with Crippen molar-refractivity contribution in [2.24, 2.45) is 0 Å². The van der Waals surface area contributed by atoms with E-state index in [0.717, 1.165) is 12.1 Å². The van der Waals surface area contributed by atoms with Crippen LogP contribution in [0.15, 0.2) is 23.1 Å². The third-order valence-electron chi connectivity index (χ3n) is 3.98. The fourth-order valence-electron chi connectivity index (χ4n) is 2.53. The molecule has 0 spiro atoms. The third kappa shape index (κ3) is 4.05. The minimum Gasteiger partial charge on any atom is -0.465 e. The number of ether oxygens (including phenoxy) is 1. The van der Waals surface area contributed by atoms with Crippen molar-refractivity contribution < 1.29 is 22.3 Å². The Kier molecular flexibility index (Phi) is 6.19. The van der Waals surface area contributed by atoms with Crippen molar-refractivity contribution in [2.75, 3.05) is 32.8 Å². The molecule has 1 aromatic carbocycles. The second-order valence-electron chi connectivity index (χ2n) is 5.44. The lowest BCUT2D eigenvalue weighted by Gasteiger charge is -2.36. The number of hydrogen-bond acceptors (Lipinski definition) is 5. The van der Waals surface area contributed by atoms with Gasteiger partial charge in [0.1, 0.15) is 11.9 Å². The van der Waals surface area contributed by atoms with Crippen molar-refractivity contribution >= 4 is 27.6 Å². The summed E-state index contributed by atoms with van der Waals surface area (Å²) in [5.74, 6) is -0.983. The van der Waals surface area contributed by atoms with Crippen LogP contribution in [-0.2, 0) is 19.6 Å². The summed E-state index contributed by atoms with van der Waals surface area (Å²) in [5.41, 5.74) is 0. The highest BCUT2D eigenvalue weighted by atomic mass is 35.5. The van der Waals surface area contributed by atoms with Crippen LogP contribution >= 0.6 is 11.6 Å². The molecule has 0 aromatic heterocycles. The highest BCUT2D eigenvalue weighted by Crippen LogP contribution is 2.23. The molecule has 1 atom stereocenters. The van der Waals surface area contributed by atoms with E-state index >= 15 is 0 Å². The first-order valence-electron chi connectivity index (χ1n) is 7.63. The Balaban J connectivity index is 2.05. The molecular formula is C15H20ClFN2O4S. The van der Waals surface area contributed by atoms with Gasteiger partial charge >= 0.3 is 5.97 Å². The topological polar surface area (TPSA) is 66.9 Å². The van der Waals surface area contributed by atoms with Gasteiger partial charge in [-0.25, -0.2) is 12.8 Å². The summed E-state index contributed by atoms with van der Waals surface area (Å²) in [6.45, 7) is 5.08. The molecule has 0 bridgehead atoms. The lowest BCUT2D eigenvalue weighted by molar-refractivity contribution is -0.149. The number of benzene rings is 1. The van der Waals surface area contributed by atoms with E-state index in [1.165, 1.54) is 10.4 Å². The second kappa shape index (κ2) is 7.77. The van der Waals surface area contributed by atoms with Gasteiger partial charge in [-0.05, 0) is 32.0 Å². The Morgan fingerprint density at radius 3 is 2.50 bits per heavy atom. The quantitative estimate of drug-likeness (QED) is 0.730. The van der Waals surface area contributed by atoms with Crippen molar-refractivity contribution in [1.82, 2.24) is 9.21 Å². The zero-order valence-electron chi connectivity index (χ0n) is 13.5. The smallest absolute Gasteiger partial charge is 0.323 e. The number of piperazine rings is 1. The summed E-state index contributed by atoms with van der Waals surface area (Å²) in [6.07, 6.45) is 0. The molecule has 2 rings (SSSR count). The van der Waals surface area contributed by atoms with Gasteiger partial charge in [-0.3, -0.25) is 9.69 Å². The van der Waals surface area contributed by atoms with Gasteiger partial charge in [0.2, 0.25) is 10.0 Å². The molecule has 1 fully saturated rings. The van der Waals surface area contributed by atoms with Crippen LogP contribution in [-0.4, -0.2) is 62.4 Å². The zero-order valence-corrected chi connectivity index (χ0v) is 15.1. The predicted octanol–water partition coefficient (Wildman–Crippen LogP) is 1.74. The first kappa shape index (κ1) is 19.1. The van der Waals surface area contributed by atoms with Gasteiger partial charge in [0.15, 0.2) is 0 Å². The Labute approximate surface area is 146 Å². The van der Waals surface area contributed by atoms with E-state index in [2.05, 4.69) is 0 Å². The second-order valence-corrected chi connectivity index (χ2v) is 7.79. The minimum absolute atomic E-state index is 0.0409. The van der Waals surface area contributed by atoms with Gasteiger partial charge in [0, 0.05) is 26.2 Å². The van der Waals surface area contributed by atoms with E-state index < -0.39 is 21.9 Å². The van der Waals surface area contributed by atoms with Crippen LogP contribution in [0.1, 0.15) is 13.8 Å². The number of sulfonamides is 1. The Morgan fingerprint density at radius 2 is 1.96 bits per heavy atom. The van der Waals surface area contributed by atoms with E-state index in [1.54, 1.807) is 13.8 Å². The monoisotopic (exact) mass is 378 g/mol. The number of carbonyl (C=O) groups excluding carboxylic acids is 1. The Morgan fingerprint density at radius 1 is 1.33 bits per heavy atom. The molecule has 0 aliphatic carbocycles.